The Morgan fingerprint density at radius 1 is 0.955 bits per heavy atom. The van der Waals surface area contributed by atoms with Crippen LogP contribution in [0.15, 0.2) is 59.0 Å². The number of fused-ring (bicyclic) bond motifs is 1. The number of nitrogens with zero attached hydrogens (tertiary/aromatic N) is 4. The van der Waals surface area contributed by atoms with Gasteiger partial charge in [-0.3, -0.25) is 0 Å². The van der Waals surface area contributed by atoms with Crippen LogP contribution < -0.4 is 5.73 Å². The van der Waals surface area contributed by atoms with Crippen LogP contribution in [0.1, 0.15) is 5.89 Å². The normalized spacial score (nSPS) is 11.1. The molecule has 6 heteroatoms. The summed E-state index contributed by atoms with van der Waals surface area (Å²) in [4.78, 5) is 4.73. The van der Waals surface area contributed by atoms with E-state index < -0.39 is 0 Å². The molecule has 0 saturated carbocycles. The van der Waals surface area contributed by atoms with Crippen LogP contribution in [0.25, 0.3) is 22.4 Å². The summed E-state index contributed by atoms with van der Waals surface area (Å²) in [6.07, 6.45) is 0. The first kappa shape index (κ1) is 12.6. The highest BCUT2D eigenvalue weighted by molar-refractivity contribution is 5.80. The van der Waals surface area contributed by atoms with Gasteiger partial charge >= 0.3 is 6.01 Å². The zero-order valence-corrected chi connectivity index (χ0v) is 11.7. The minimum atomic E-state index is 0.0701. The van der Waals surface area contributed by atoms with Gasteiger partial charge in [-0.25, -0.2) is 4.98 Å². The fraction of sp³-hybridized carbons (Fsp3) is 0.0625. The van der Waals surface area contributed by atoms with Crippen LogP contribution in [0.4, 0.5) is 6.01 Å². The first-order valence-electron chi connectivity index (χ1n) is 6.90. The van der Waals surface area contributed by atoms with Crippen LogP contribution in [0.2, 0.25) is 0 Å². The molecule has 6 nitrogen and oxygen atoms in total. The van der Waals surface area contributed by atoms with Crippen molar-refractivity contribution in [2.75, 3.05) is 5.73 Å². The van der Waals surface area contributed by atoms with Crippen molar-refractivity contribution >= 4 is 17.0 Å². The minimum Gasteiger partial charge on any atom is -0.406 e. The molecule has 0 spiro atoms. The van der Waals surface area contributed by atoms with Gasteiger partial charge in [-0.2, -0.15) is 0 Å². The molecule has 0 saturated heterocycles. The summed E-state index contributed by atoms with van der Waals surface area (Å²) < 4.78 is 7.36. The quantitative estimate of drug-likeness (QED) is 0.627. The average Bonchev–Trinajstić information content (AvgIpc) is 3.13. The second kappa shape index (κ2) is 5.00. The van der Waals surface area contributed by atoms with Crippen molar-refractivity contribution in [1.29, 1.82) is 0 Å². The molecule has 0 radical (unpaired) electrons. The lowest BCUT2D eigenvalue weighted by atomic mass is 10.2. The Morgan fingerprint density at radius 2 is 1.73 bits per heavy atom. The largest absolute Gasteiger partial charge is 0.406 e. The molecule has 2 N–H and O–H groups in total. The molecule has 0 bridgehead atoms. The summed E-state index contributed by atoms with van der Waals surface area (Å²) in [6, 6.07) is 18.1. The third kappa shape index (κ3) is 2.10. The lowest BCUT2D eigenvalue weighted by Crippen LogP contribution is -2.02. The number of anilines is 1. The maximum Gasteiger partial charge on any atom is 0.312 e. The second-order valence-electron chi connectivity index (χ2n) is 4.91. The van der Waals surface area contributed by atoms with Gasteiger partial charge in [0.25, 0.3) is 0 Å². The van der Waals surface area contributed by atoms with E-state index in [9.17, 15) is 0 Å². The minimum absolute atomic E-state index is 0.0701. The van der Waals surface area contributed by atoms with Gasteiger partial charge in [0.05, 0.1) is 11.0 Å². The molecule has 2 heterocycles. The predicted molar refractivity (Wildman–Crippen MR) is 83.0 cm³/mol. The lowest BCUT2D eigenvalue weighted by molar-refractivity contribution is 0.496. The number of hydrogen-bond acceptors (Lipinski definition) is 5. The van der Waals surface area contributed by atoms with Gasteiger partial charge in [0.2, 0.25) is 5.89 Å². The molecule has 0 amide bonds. The fourth-order valence-electron chi connectivity index (χ4n) is 2.51. The Kier molecular flexibility index (Phi) is 2.86. The van der Waals surface area contributed by atoms with Gasteiger partial charge < -0.3 is 14.7 Å². The van der Waals surface area contributed by atoms with E-state index in [-0.39, 0.29) is 6.01 Å². The van der Waals surface area contributed by atoms with Gasteiger partial charge in [-0.15, -0.1) is 5.10 Å². The Balaban J connectivity index is 1.90. The fourth-order valence-corrected chi connectivity index (χ4v) is 2.51. The van der Waals surface area contributed by atoms with Gasteiger partial charge in [0.15, 0.2) is 0 Å². The molecule has 0 atom stereocenters. The van der Waals surface area contributed by atoms with E-state index in [1.165, 1.54) is 0 Å². The molecule has 2 aromatic carbocycles. The van der Waals surface area contributed by atoms with Crippen LogP contribution in [0.3, 0.4) is 0 Å². The van der Waals surface area contributed by atoms with Crippen LogP contribution in [-0.2, 0) is 6.54 Å². The van der Waals surface area contributed by atoms with Crippen molar-refractivity contribution in [3.05, 3.63) is 60.5 Å². The molecule has 0 aliphatic rings. The molecule has 0 aliphatic heterocycles. The van der Waals surface area contributed by atoms with Crippen molar-refractivity contribution in [2.45, 2.75) is 6.54 Å². The topological polar surface area (TPSA) is 82.8 Å². The molecule has 4 aromatic rings. The van der Waals surface area contributed by atoms with E-state index in [2.05, 4.69) is 14.8 Å². The number of nitrogens with two attached hydrogens (primary N) is 1. The SMILES string of the molecule is Nc1nnc(Cn2c(-c3ccccc3)nc3ccccc32)o1. The van der Waals surface area contributed by atoms with E-state index in [1.807, 2.05) is 54.6 Å². The maximum atomic E-state index is 5.50. The zero-order valence-electron chi connectivity index (χ0n) is 11.7. The smallest absolute Gasteiger partial charge is 0.312 e. The number of imidazole rings is 1. The molecule has 108 valence electrons. The number of aromatic nitrogens is 4. The molecule has 0 fully saturated rings. The van der Waals surface area contributed by atoms with E-state index in [0.29, 0.717) is 12.4 Å². The van der Waals surface area contributed by atoms with Gasteiger partial charge in [-0.1, -0.05) is 47.6 Å². The molecule has 4 rings (SSSR count). The van der Waals surface area contributed by atoms with Crippen molar-refractivity contribution in [1.82, 2.24) is 19.7 Å². The summed E-state index contributed by atoms with van der Waals surface area (Å²) in [5.74, 6) is 1.32. The maximum absolute atomic E-state index is 5.50. The van der Waals surface area contributed by atoms with Crippen LogP contribution in [-0.4, -0.2) is 19.7 Å². The summed E-state index contributed by atoms with van der Waals surface area (Å²) >= 11 is 0. The number of para-hydroxylation sites is 2. The van der Waals surface area contributed by atoms with E-state index in [1.54, 1.807) is 0 Å². The number of rotatable bonds is 3. The van der Waals surface area contributed by atoms with Gasteiger partial charge in [0, 0.05) is 5.56 Å². The predicted octanol–water partition coefficient (Wildman–Crippen LogP) is 2.72. The molecule has 2 aromatic heterocycles. The lowest BCUT2D eigenvalue weighted by Gasteiger charge is -2.06. The summed E-state index contributed by atoms with van der Waals surface area (Å²) in [6.45, 7) is 0.426. The van der Waals surface area contributed by atoms with Crippen LogP contribution in [0.5, 0.6) is 0 Å². The summed E-state index contributed by atoms with van der Waals surface area (Å²) in [7, 11) is 0. The molecular weight excluding hydrogens is 278 g/mol. The van der Waals surface area contributed by atoms with E-state index in [0.717, 1.165) is 22.4 Å². The van der Waals surface area contributed by atoms with E-state index in [4.69, 9.17) is 15.1 Å². The highest BCUT2D eigenvalue weighted by Crippen LogP contribution is 2.25. The highest BCUT2D eigenvalue weighted by Gasteiger charge is 2.14. The van der Waals surface area contributed by atoms with Crippen LogP contribution in [0, 0.1) is 0 Å². The third-order valence-corrected chi connectivity index (χ3v) is 3.46. The second-order valence-corrected chi connectivity index (χ2v) is 4.91. The van der Waals surface area contributed by atoms with Crippen LogP contribution >= 0.6 is 0 Å². The Hall–Kier alpha value is -3.15. The highest BCUT2D eigenvalue weighted by atomic mass is 16.4. The van der Waals surface area contributed by atoms with Gasteiger partial charge in [-0.05, 0) is 12.1 Å². The van der Waals surface area contributed by atoms with Crippen molar-refractivity contribution in [3.8, 4) is 11.4 Å². The Morgan fingerprint density at radius 3 is 2.50 bits per heavy atom. The first-order chi connectivity index (χ1) is 10.8. The van der Waals surface area contributed by atoms with Crippen molar-refractivity contribution in [2.24, 2.45) is 0 Å². The molecule has 0 unspecified atom stereocenters. The average molecular weight is 291 g/mol. The van der Waals surface area contributed by atoms with E-state index >= 15 is 0 Å². The number of benzene rings is 2. The summed E-state index contributed by atoms with van der Waals surface area (Å²) in [5, 5.41) is 7.65. The Bertz CT molecular complexity index is 926. The monoisotopic (exact) mass is 291 g/mol. The first-order valence-corrected chi connectivity index (χ1v) is 6.90. The standard InChI is InChI=1S/C16H13N5O/c17-16-20-19-14(22-16)10-21-13-9-5-4-8-12(13)18-15(21)11-6-2-1-3-7-11/h1-9H,10H2,(H2,17,20). The third-order valence-electron chi connectivity index (χ3n) is 3.46. The van der Waals surface area contributed by atoms with Gasteiger partial charge in [0.1, 0.15) is 12.4 Å². The zero-order chi connectivity index (χ0) is 14.9. The molecular formula is C16H13N5O. The van der Waals surface area contributed by atoms with Crippen molar-refractivity contribution in [3.63, 3.8) is 0 Å². The van der Waals surface area contributed by atoms with Crippen molar-refractivity contribution < 1.29 is 4.42 Å². The molecule has 0 aliphatic carbocycles. The number of nitrogen functional groups attached to an aromatic ring is 1. The summed E-state index contributed by atoms with van der Waals surface area (Å²) in [5.41, 5.74) is 8.47. The number of hydrogen-bond donors (Lipinski definition) is 1. The Labute approximate surface area is 126 Å². The molecule has 22 heavy (non-hydrogen) atoms.